The van der Waals surface area contributed by atoms with Crippen molar-refractivity contribution in [2.24, 2.45) is 0 Å². The first-order valence-electron chi connectivity index (χ1n) is 10.9. The van der Waals surface area contributed by atoms with Crippen LogP contribution in [0.15, 0.2) is 21.2 Å². The molecule has 0 aromatic carbocycles. The van der Waals surface area contributed by atoms with Crippen molar-refractivity contribution in [1.82, 2.24) is 15.0 Å². The molecule has 3 fully saturated rings. The molecular formula is C21H24N6O4. The standard InChI is InChI=1S/C21H24N6O4/c28-19(15-12-30-20(23-15)26-5-1-2-6-26)22-14-11-16-18(24-17(14)13-3-4-13)25-21(31-16)27-7-9-29-10-8-27/h11-13H,1-10H2,(H,22,28). The molecule has 6 rings (SSSR count). The first-order valence-corrected chi connectivity index (χ1v) is 10.9. The Morgan fingerprint density at radius 1 is 1.00 bits per heavy atom. The number of hydrogen-bond acceptors (Lipinski definition) is 9. The molecule has 1 amide bonds. The van der Waals surface area contributed by atoms with Crippen LogP contribution >= 0.6 is 0 Å². The zero-order chi connectivity index (χ0) is 20.8. The number of carbonyl (C=O) groups excluding carboxylic acids is 1. The summed E-state index contributed by atoms with van der Waals surface area (Å²) in [6.07, 6.45) is 5.75. The van der Waals surface area contributed by atoms with Crippen molar-refractivity contribution in [3.63, 3.8) is 0 Å². The first-order chi connectivity index (χ1) is 15.2. The molecule has 0 bridgehead atoms. The molecule has 3 aliphatic rings. The number of hydrogen-bond donors (Lipinski definition) is 1. The van der Waals surface area contributed by atoms with E-state index in [2.05, 4.69) is 25.1 Å². The Balaban J connectivity index is 1.27. The minimum atomic E-state index is -0.315. The van der Waals surface area contributed by atoms with Crippen molar-refractivity contribution in [2.45, 2.75) is 31.6 Å². The summed E-state index contributed by atoms with van der Waals surface area (Å²) in [6, 6.07) is 2.87. The van der Waals surface area contributed by atoms with E-state index in [9.17, 15) is 4.79 Å². The van der Waals surface area contributed by atoms with Crippen LogP contribution in [-0.2, 0) is 4.74 Å². The molecule has 5 heterocycles. The molecule has 10 heteroatoms. The van der Waals surface area contributed by atoms with E-state index < -0.39 is 0 Å². The van der Waals surface area contributed by atoms with Gasteiger partial charge in [0.05, 0.1) is 24.6 Å². The fourth-order valence-corrected chi connectivity index (χ4v) is 4.13. The van der Waals surface area contributed by atoms with E-state index in [1.54, 1.807) is 0 Å². The van der Waals surface area contributed by atoms with E-state index in [1.165, 1.54) is 6.26 Å². The van der Waals surface area contributed by atoms with Gasteiger partial charge in [-0.3, -0.25) is 4.79 Å². The minimum Gasteiger partial charge on any atom is -0.431 e. The molecule has 0 spiro atoms. The van der Waals surface area contributed by atoms with Gasteiger partial charge in [0.1, 0.15) is 6.26 Å². The van der Waals surface area contributed by atoms with Gasteiger partial charge in [-0.2, -0.15) is 9.97 Å². The highest BCUT2D eigenvalue weighted by molar-refractivity contribution is 6.04. The highest BCUT2D eigenvalue weighted by atomic mass is 16.5. The Hall–Kier alpha value is -3.14. The third kappa shape index (κ3) is 3.60. The monoisotopic (exact) mass is 424 g/mol. The van der Waals surface area contributed by atoms with Gasteiger partial charge in [-0.25, -0.2) is 4.98 Å². The normalized spacial score (nSPS) is 19.4. The summed E-state index contributed by atoms with van der Waals surface area (Å²) >= 11 is 0. The number of morpholine rings is 1. The summed E-state index contributed by atoms with van der Waals surface area (Å²) in [5.74, 6) is 0.0193. The van der Waals surface area contributed by atoms with Crippen molar-refractivity contribution in [3.05, 3.63) is 23.7 Å². The number of oxazole rings is 2. The predicted octanol–water partition coefficient (Wildman–Crippen LogP) is 2.78. The van der Waals surface area contributed by atoms with E-state index >= 15 is 0 Å². The Labute approximate surface area is 178 Å². The second-order valence-electron chi connectivity index (χ2n) is 8.28. The fourth-order valence-electron chi connectivity index (χ4n) is 4.13. The maximum atomic E-state index is 12.9. The zero-order valence-corrected chi connectivity index (χ0v) is 17.2. The molecule has 2 aliphatic heterocycles. The number of nitrogens with zero attached hydrogens (tertiary/aromatic N) is 5. The Bertz CT molecular complexity index is 1110. The molecule has 2 saturated heterocycles. The van der Waals surface area contributed by atoms with E-state index in [4.69, 9.17) is 18.6 Å². The maximum absolute atomic E-state index is 12.9. The number of rotatable bonds is 5. The van der Waals surface area contributed by atoms with E-state index in [-0.39, 0.29) is 11.6 Å². The minimum absolute atomic E-state index is 0.260. The molecule has 1 N–H and O–H groups in total. The fraction of sp³-hybridized carbons (Fsp3) is 0.524. The van der Waals surface area contributed by atoms with Crippen molar-refractivity contribution in [3.8, 4) is 0 Å². The van der Waals surface area contributed by atoms with Gasteiger partial charge in [-0.15, -0.1) is 0 Å². The lowest BCUT2D eigenvalue weighted by Gasteiger charge is -2.24. The van der Waals surface area contributed by atoms with E-state index in [0.29, 0.717) is 48.1 Å². The zero-order valence-electron chi connectivity index (χ0n) is 17.2. The number of anilines is 3. The van der Waals surface area contributed by atoms with Crippen LogP contribution < -0.4 is 15.1 Å². The number of nitrogens with one attached hydrogen (secondary N) is 1. The van der Waals surface area contributed by atoms with Crippen molar-refractivity contribution >= 4 is 34.9 Å². The van der Waals surface area contributed by atoms with Crippen molar-refractivity contribution in [1.29, 1.82) is 0 Å². The van der Waals surface area contributed by atoms with Gasteiger partial charge in [0, 0.05) is 38.2 Å². The van der Waals surface area contributed by atoms with Crippen LogP contribution in [0.2, 0.25) is 0 Å². The second-order valence-corrected chi connectivity index (χ2v) is 8.28. The lowest BCUT2D eigenvalue weighted by molar-refractivity contribution is 0.102. The summed E-state index contributed by atoms with van der Waals surface area (Å²) in [6.45, 7) is 4.58. The molecule has 1 saturated carbocycles. The van der Waals surface area contributed by atoms with Gasteiger partial charge in [-0.1, -0.05) is 0 Å². The molecule has 0 unspecified atom stereocenters. The molecule has 162 valence electrons. The van der Waals surface area contributed by atoms with Crippen LogP contribution in [0, 0.1) is 0 Å². The summed E-state index contributed by atoms with van der Waals surface area (Å²) in [4.78, 5) is 30.7. The predicted molar refractivity (Wildman–Crippen MR) is 113 cm³/mol. The van der Waals surface area contributed by atoms with Crippen LogP contribution in [0.4, 0.5) is 17.7 Å². The lowest BCUT2D eigenvalue weighted by Crippen LogP contribution is -2.36. The Kier molecular flexibility index (Phi) is 4.52. The van der Waals surface area contributed by atoms with Gasteiger partial charge < -0.3 is 28.7 Å². The number of pyridine rings is 1. The van der Waals surface area contributed by atoms with Crippen molar-refractivity contribution in [2.75, 3.05) is 54.5 Å². The van der Waals surface area contributed by atoms with Gasteiger partial charge in [0.2, 0.25) is 5.65 Å². The summed E-state index contributed by atoms with van der Waals surface area (Å²) < 4.78 is 16.9. The number of ether oxygens (including phenoxy) is 1. The van der Waals surface area contributed by atoms with E-state index in [1.807, 2.05) is 6.07 Å². The topological polar surface area (TPSA) is 110 Å². The van der Waals surface area contributed by atoms with Gasteiger partial charge >= 0.3 is 0 Å². The van der Waals surface area contributed by atoms with E-state index in [0.717, 1.165) is 57.6 Å². The molecule has 31 heavy (non-hydrogen) atoms. The van der Waals surface area contributed by atoms with Crippen LogP contribution in [0.3, 0.4) is 0 Å². The maximum Gasteiger partial charge on any atom is 0.300 e. The first kappa shape index (κ1) is 18.6. The number of fused-ring (bicyclic) bond motifs is 1. The third-order valence-corrected chi connectivity index (χ3v) is 6.00. The van der Waals surface area contributed by atoms with Crippen LogP contribution in [0.25, 0.3) is 11.2 Å². The second kappa shape index (κ2) is 7.52. The van der Waals surface area contributed by atoms with Gasteiger partial charge in [0.25, 0.3) is 17.9 Å². The highest BCUT2D eigenvalue weighted by Crippen LogP contribution is 2.43. The summed E-state index contributed by atoms with van der Waals surface area (Å²) in [5, 5.41) is 2.97. The smallest absolute Gasteiger partial charge is 0.300 e. The Morgan fingerprint density at radius 3 is 2.55 bits per heavy atom. The van der Waals surface area contributed by atoms with Crippen LogP contribution in [0.5, 0.6) is 0 Å². The summed E-state index contributed by atoms with van der Waals surface area (Å²) in [5.41, 5.74) is 2.88. The number of amides is 1. The van der Waals surface area contributed by atoms with Crippen molar-refractivity contribution < 1.29 is 18.4 Å². The van der Waals surface area contributed by atoms with Crippen LogP contribution in [-0.4, -0.2) is 60.3 Å². The largest absolute Gasteiger partial charge is 0.431 e. The SMILES string of the molecule is O=C(Nc1cc2oc(N3CCOCC3)nc2nc1C1CC1)c1coc(N2CCCC2)n1. The molecule has 0 atom stereocenters. The van der Waals surface area contributed by atoms with Gasteiger partial charge in [-0.05, 0) is 25.7 Å². The lowest BCUT2D eigenvalue weighted by atomic mass is 10.2. The third-order valence-electron chi connectivity index (χ3n) is 6.00. The highest BCUT2D eigenvalue weighted by Gasteiger charge is 2.31. The molecular weight excluding hydrogens is 400 g/mol. The molecule has 3 aromatic heterocycles. The average Bonchev–Trinajstić information content (AvgIpc) is 3.20. The molecule has 10 nitrogen and oxygen atoms in total. The summed E-state index contributed by atoms with van der Waals surface area (Å²) in [7, 11) is 0. The quantitative estimate of drug-likeness (QED) is 0.661. The van der Waals surface area contributed by atoms with Crippen LogP contribution in [0.1, 0.15) is 47.8 Å². The van der Waals surface area contributed by atoms with Gasteiger partial charge in [0.15, 0.2) is 11.3 Å². The average molecular weight is 424 g/mol. The number of aromatic nitrogens is 3. The number of carbonyl (C=O) groups is 1. The molecule has 0 radical (unpaired) electrons. The molecule has 1 aliphatic carbocycles. The Morgan fingerprint density at radius 2 is 1.77 bits per heavy atom. The molecule has 3 aromatic rings.